The maximum absolute atomic E-state index is 12.1. The zero-order valence-corrected chi connectivity index (χ0v) is 14.4. The van der Waals surface area contributed by atoms with E-state index < -0.39 is 0 Å². The number of pyridine rings is 1. The van der Waals surface area contributed by atoms with Gasteiger partial charge in [0.05, 0.1) is 12.9 Å². The lowest BCUT2D eigenvalue weighted by Crippen LogP contribution is -2.13. The van der Waals surface area contributed by atoms with Crippen LogP contribution < -0.4 is 5.32 Å². The molecular weight excluding hydrogens is 302 g/mol. The molecule has 0 atom stereocenters. The topological polar surface area (TPSA) is 63.6 Å². The molecule has 0 saturated heterocycles. The smallest absolute Gasteiger partial charge is 0.341 e. The minimum Gasteiger partial charge on any atom is -0.462 e. The fraction of sp³-hybridized carbons (Fsp3) is 0.316. The normalized spacial score (nSPS) is 10.8. The Kier molecular flexibility index (Phi) is 6.49. The van der Waals surface area contributed by atoms with Crippen molar-refractivity contribution in [3.8, 4) is 0 Å². The number of aliphatic imine (C=N–C) groups is 1. The summed E-state index contributed by atoms with van der Waals surface area (Å²) in [5.41, 5.74) is 3.63. The summed E-state index contributed by atoms with van der Waals surface area (Å²) in [5, 5.41) is 2.96. The van der Waals surface area contributed by atoms with Crippen LogP contribution in [0.1, 0.15) is 34.1 Å². The third-order valence-corrected chi connectivity index (χ3v) is 3.64. The van der Waals surface area contributed by atoms with Crippen molar-refractivity contribution in [1.82, 2.24) is 4.98 Å². The Morgan fingerprint density at radius 2 is 2.04 bits per heavy atom. The number of aryl methyl sites for hydroxylation is 3. The molecule has 5 nitrogen and oxygen atoms in total. The second-order valence-corrected chi connectivity index (χ2v) is 5.39. The largest absolute Gasteiger partial charge is 0.462 e. The maximum atomic E-state index is 12.1. The molecule has 0 aliphatic heterocycles. The standard InChI is InChI=1S/C19H23N3O2/c1-4-24-19(23)16-12-14(2)17(22-18(16)21-13-20-3)11-10-15-8-6-5-7-9-15/h5-9,12-13H,4,10-11H2,1-3H3,(H,20,21,22). The van der Waals surface area contributed by atoms with Gasteiger partial charge in [-0.05, 0) is 43.9 Å². The van der Waals surface area contributed by atoms with E-state index >= 15 is 0 Å². The van der Waals surface area contributed by atoms with Gasteiger partial charge in [0.2, 0.25) is 0 Å². The first-order valence-corrected chi connectivity index (χ1v) is 8.04. The maximum Gasteiger partial charge on any atom is 0.341 e. The number of rotatable bonds is 7. The van der Waals surface area contributed by atoms with E-state index in [4.69, 9.17) is 4.74 Å². The van der Waals surface area contributed by atoms with Crippen LogP contribution in [0.25, 0.3) is 0 Å². The number of esters is 1. The number of hydrogen-bond acceptors (Lipinski definition) is 4. The quantitative estimate of drug-likeness (QED) is 0.481. The molecule has 0 saturated carbocycles. The molecule has 0 aliphatic rings. The van der Waals surface area contributed by atoms with Gasteiger partial charge in [-0.1, -0.05) is 30.3 Å². The molecule has 2 aromatic rings. The molecule has 1 aromatic heterocycles. The Balaban J connectivity index is 2.26. The molecule has 1 heterocycles. The number of hydrogen-bond donors (Lipinski definition) is 1. The van der Waals surface area contributed by atoms with Gasteiger partial charge in [-0.25, -0.2) is 9.78 Å². The molecule has 0 amide bonds. The van der Waals surface area contributed by atoms with E-state index in [1.165, 1.54) is 11.9 Å². The lowest BCUT2D eigenvalue weighted by atomic mass is 10.0. The minimum absolute atomic E-state index is 0.328. The molecular formula is C19H23N3O2. The summed E-state index contributed by atoms with van der Waals surface area (Å²) in [6.07, 6.45) is 3.22. The SMILES string of the molecule is CCOC(=O)c1cc(C)c(CCc2ccccc2)nc1NC=NC. The Bertz CT molecular complexity index is 712. The second-order valence-electron chi connectivity index (χ2n) is 5.39. The third-order valence-electron chi connectivity index (χ3n) is 3.64. The Morgan fingerprint density at radius 3 is 2.71 bits per heavy atom. The Morgan fingerprint density at radius 1 is 1.29 bits per heavy atom. The molecule has 1 aromatic carbocycles. The number of nitrogens with one attached hydrogen (secondary N) is 1. The van der Waals surface area contributed by atoms with Crippen molar-refractivity contribution in [3.05, 3.63) is 58.8 Å². The highest BCUT2D eigenvalue weighted by Gasteiger charge is 2.16. The van der Waals surface area contributed by atoms with Crippen molar-refractivity contribution >= 4 is 18.1 Å². The van der Waals surface area contributed by atoms with Crippen LogP contribution in [0.4, 0.5) is 5.82 Å². The Labute approximate surface area is 142 Å². The van der Waals surface area contributed by atoms with Crippen LogP contribution in [0.15, 0.2) is 41.4 Å². The minimum atomic E-state index is -0.380. The van der Waals surface area contributed by atoms with Gasteiger partial charge in [-0.15, -0.1) is 0 Å². The van der Waals surface area contributed by atoms with Gasteiger partial charge in [-0.3, -0.25) is 4.99 Å². The molecule has 0 bridgehead atoms. The highest BCUT2D eigenvalue weighted by molar-refractivity contribution is 5.97. The number of anilines is 1. The van der Waals surface area contributed by atoms with E-state index in [-0.39, 0.29) is 5.97 Å². The van der Waals surface area contributed by atoms with Gasteiger partial charge < -0.3 is 10.1 Å². The van der Waals surface area contributed by atoms with Gasteiger partial charge >= 0.3 is 5.97 Å². The number of nitrogens with zero attached hydrogens (tertiary/aromatic N) is 2. The van der Waals surface area contributed by atoms with E-state index in [9.17, 15) is 4.79 Å². The summed E-state index contributed by atoms with van der Waals surface area (Å²) in [6, 6.07) is 12.1. The van der Waals surface area contributed by atoms with Crippen molar-refractivity contribution in [3.63, 3.8) is 0 Å². The van der Waals surface area contributed by atoms with Crippen molar-refractivity contribution in [2.75, 3.05) is 19.0 Å². The average Bonchev–Trinajstić information content (AvgIpc) is 2.60. The van der Waals surface area contributed by atoms with Crippen molar-refractivity contribution in [2.45, 2.75) is 26.7 Å². The number of ether oxygens (including phenoxy) is 1. The summed E-state index contributed by atoms with van der Waals surface area (Å²) in [4.78, 5) is 20.6. The number of aromatic nitrogens is 1. The number of carbonyl (C=O) groups excluding carboxylic acids is 1. The average molecular weight is 325 g/mol. The van der Waals surface area contributed by atoms with Crippen LogP contribution in [0.3, 0.4) is 0 Å². The second kappa shape index (κ2) is 8.82. The highest BCUT2D eigenvalue weighted by atomic mass is 16.5. The Hall–Kier alpha value is -2.69. The lowest BCUT2D eigenvalue weighted by Gasteiger charge is -2.12. The van der Waals surface area contributed by atoms with Crippen LogP contribution in [-0.4, -0.2) is 30.9 Å². The summed E-state index contributed by atoms with van der Waals surface area (Å²) in [5.74, 6) is 0.0995. The molecule has 0 unspecified atom stereocenters. The zero-order valence-electron chi connectivity index (χ0n) is 14.4. The molecule has 1 N–H and O–H groups in total. The predicted molar refractivity (Wildman–Crippen MR) is 96.8 cm³/mol. The van der Waals surface area contributed by atoms with Crippen molar-refractivity contribution in [2.24, 2.45) is 4.99 Å². The van der Waals surface area contributed by atoms with E-state index in [0.717, 1.165) is 24.1 Å². The summed E-state index contributed by atoms with van der Waals surface area (Å²) < 4.78 is 5.11. The predicted octanol–water partition coefficient (Wildman–Crippen LogP) is 3.42. The molecule has 24 heavy (non-hydrogen) atoms. The first-order chi connectivity index (χ1) is 11.7. The molecule has 126 valence electrons. The molecule has 5 heteroatoms. The highest BCUT2D eigenvalue weighted by Crippen LogP contribution is 2.20. The van der Waals surface area contributed by atoms with Crippen molar-refractivity contribution in [1.29, 1.82) is 0 Å². The van der Waals surface area contributed by atoms with E-state index in [1.807, 2.05) is 31.2 Å². The molecule has 0 spiro atoms. The van der Waals surface area contributed by atoms with Gasteiger partial charge in [0.25, 0.3) is 0 Å². The summed E-state index contributed by atoms with van der Waals surface area (Å²) in [7, 11) is 1.65. The zero-order chi connectivity index (χ0) is 17.4. The first-order valence-electron chi connectivity index (χ1n) is 8.04. The van der Waals surface area contributed by atoms with Gasteiger partial charge in [0.15, 0.2) is 0 Å². The van der Waals surface area contributed by atoms with Gasteiger partial charge in [0, 0.05) is 12.7 Å². The monoisotopic (exact) mass is 325 g/mol. The number of carbonyl (C=O) groups is 1. The summed E-state index contributed by atoms with van der Waals surface area (Å²) in [6.45, 7) is 4.08. The first kappa shape index (κ1) is 17.7. The van der Waals surface area contributed by atoms with Crippen LogP contribution in [0, 0.1) is 6.92 Å². The molecule has 0 aliphatic carbocycles. The molecule has 0 fully saturated rings. The van der Waals surface area contributed by atoms with Crippen LogP contribution in [-0.2, 0) is 17.6 Å². The van der Waals surface area contributed by atoms with E-state index in [2.05, 4.69) is 27.4 Å². The van der Waals surface area contributed by atoms with Gasteiger partial charge in [0.1, 0.15) is 11.4 Å². The van der Waals surface area contributed by atoms with E-state index in [1.54, 1.807) is 14.0 Å². The third kappa shape index (κ3) is 4.65. The fourth-order valence-corrected chi connectivity index (χ4v) is 2.41. The van der Waals surface area contributed by atoms with Crippen LogP contribution >= 0.6 is 0 Å². The van der Waals surface area contributed by atoms with Crippen LogP contribution in [0.2, 0.25) is 0 Å². The lowest BCUT2D eigenvalue weighted by molar-refractivity contribution is 0.0527. The number of benzene rings is 1. The molecule has 0 radical (unpaired) electrons. The van der Waals surface area contributed by atoms with Gasteiger partial charge in [-0.2, -0.15) is 0 Å². The molecule has 2 rings (SSSR count). The van der Waals surface area contributed by atoms with E-state index in [0.29, 0.717) is 18.0 Å². The fourth-order valence-electron chi connectivity index (χ4n) is 2.41. The van der Waals surface area contributed by atoms with Crippen LogP contribution in [0.5, 0.6) is 0 Å². The van der Waals surface area contributed by atoms with Crippen molar-refractivity contribution < 1.29 is 9.53 Å². The summed E-state index contributed by atoms with van der Waals surface area (Å²) >= 11 is 0.